The SMILES string of the molecule is COC(C#Cc1ccc(Cl)cc1)C(C)(C(C)=O)C(C)=O. The Labute approximate surface area is 124 Å². The molecule has 1 aromatic carbocycles. The van der Waals surface area contributed by atoms with Gasteiger partial charge in [-0.15, -0.1) is 0 Å². The van der Waals surface area contributed by atoms with E-state index in [4.69, 9.17) is 16.3 Å². The Morgan fingerprint density at radius 1 is 1.20 bits per heavy atom. The lowest BCUT2D eigenvalue weighted by Crippen LogP contribution is -2.44. The molecule has 1 aromatic rings. The Bertz CT molecular complexity index is 550. The normalized spacial score (nSPS) is 12.2. The maximum atomic E-state index is 11.8. The highest BCUT2D eigenvalue weighted by Crippen LogP contribution is 2.26. The van der Waals surface area contributed by atoms with Crippen molar-refractivity contribution in [2.24, 2.45) is 5.41 Å². The van der Waals surface area contributed by atoms with Crippen molar-refractivity contribution in [1.29, 1.82) is 0 Å². The maximum Gasteiger partial charge on any atom is 0.146 e. The summed E-state index contributed by atoms with van der Waals surface area (Å²) in [5.74, 6) is 5.23. The van der Waals surface area contributed by atoms with E-state index in [1.165, 1.54) is 21.0 Å². The largest absolute Gasteiger partial charge is 0.367 e. The highest BCUT2D eigenvalue weighted by atomic mass is 35.5. The Morgan fingerprint density at radius 3 is 2.10 bits per heavy atom. The first kappa shape index (κ1) is 16.4. The molecule has 0 amide bonds. The Balaban J connectivity index is 3.12. The third kappa shape index (κ3) is 3.47. The van der Waals surface area contributed by atoms with Crippen molar-refractivity contribution in [1.82, 2.24) is 0 Å². The maximum absolute atomic E-state index is 11.8. The summed E-state index contributed by atoms with van der Waals surface area (Å²) in [4.78, 5) is 23.6. The quantitative estimate of drug-likeness (QED) is 0.633. The summed E-state index contributed by atoms with van der Waals surface area (Å²) >= 11 is 5.80. The number of halogens is 1. The molecule has 1 unspecified atom stereocenters. The molecule has 0 aliphatic heterocycles. The van der Waals surface area contributed by atoms with Gasteiger partial charge in [0, 0.05) is 17.7 Å². The Kier molecular flexibility index (Phi) is 5.50. The van der Waals surface area contributed by atoms with Gasteiger partial charge in [0.05, 0.1) is 0 Å². The molecule has 1 atom stereocenters. The number of rotatable bonds is 4. The van der Waals surface area contributed by atoms with E-state index in [9.17, 15) is 9.59 Å². The van der Waals surface area contributed by atoms with Crippen LogP contribution in [0.15, 0.2) is 24.3 Å². The van der Waals surface area contributed by atoms with Gasteiger partial charge in [-0.2, -0.15) is 0 Å². The van der Waals surface area contributed by atoms with E-state index >= 15 is 0 Å². The summed E-state index contributed by atoms with van der Waals surface area (Å²) in [5.41, 5.74) is -0.514. The van der Waals surface area contributed by atoms with Crippen LogP contribution in [0.5, 0.6) is 0 Å². The fourth-order valence-electron chi connectivity index (χ4n) is 1.74. The summed E-state index contributed by atoms with van der Waals surface area (Å²) in [5, 5.41) is 0.621. The van der Waals surface area contributed by atoms with Crippen molar-refractivity contribution < 1.29 is 14.3 Å². The van der Waals surface area contributed by atoms with Gasteiger partial charge in [0.1, 0.15) is 23.1 Å². The fraction of sp³-hybridized carbons (Fsp3) is 0.375. The van der Waals surface area contributed by atoms with Crippen LogP contribution in [-0.2, 0) is 14.3 Å². The summed E-state index contributed by atoms with van der Waals surface area (Å²) in [6, 6.07) is 6.98. The van der Waals surface area contributed by atoms with Gasteiger partial charge in [0.25, 0.3) is 0 Å². The average molecular weight is 293 g/mol. The molecule has 20 heavy (non-hydrogen) atoms. The van der Waals surface area contributed by atoms with Crippen LogP contribution in [0.3, 0.4) is 0 Å². The van der Waals surface area contributed by atoms with E-state index in [0.29, 0.717) is 5.02 Å². The number of ether oxygens (including phenoxy) is 1. The van der Waals surface area contributed by atoms with Crippen LogP contribution >= 0.6 is 11.6 Å². The van der Waals surface area contributed by atoms with Crippen molar-refractivity contribution in [3.05, 3.63) is 34.9 Å². The summed E-state index contributed by atoms with van der Waals surface area (Å²) in [6.07, 6.45) is -0.784. The third-order valence-electron chi connectivity index (χ3n) is 3.41. The van der Waals surface area contributed by atoms with E-state index in [1.54, 1.807) is 31.2 Å². The minimum atomic E-state index is -1.26. The molecular formula is C16H17ClO3. The van der Waals surface area contributed by atoms with Crippen LogP contribution < -0.4 is 0 Å². The van der Waals surface area contributed by atoms with E-state index < -0.39 is 11.5 Å². The first-order valence-corrected chi connectivity index (χ1v) is 6.52. The zero-order chi connectivity index (χ0) is 15.3. The molecule has 4 heteroatoms. The summed E-state index contributed by atoms with van der Waals surface area (Å²) < 4.78 is 5.24. The van der Waals surface area contributed by atoms with E-state index in [-0.39, 0.29) is 11.6 Å². The fourth-order valence-corrected chi connectivity index (χ4v) is 1.86. The van der Waals surface area contributed by atoms with Gasteiger partial charge in [0.2, 0.25) is 0 Å². The van der Waals surface area contributed by atoms with E-state index in [0.717, 1.165) is 5.56 Å². The van der Waals surface area contributed by atoms with Gasteiger partial charge in [-0.1, -0.05) is 23.4 Å². The van der Waals surface area contributed by atoms with Crippen molar-refractivity contribution in [3.8, 4) is 11.8 Å². The molecule has 3 nitrogen and oxygen atoms in total. The molecule has 0 N–H and O–H groups in total. The first-order chi connectivity index (χ1) is 9.32. The monoisotopic (exact) mass is 292 g/mol. The summed E-state index contributed by atoms with van der Waals surface area (Å²) in [7, 11) is 1.44. The predicted octanol–water partition coefficient (Wildman–Crippen LogP) is 2.89. The summed E-state index contributed by atoms with van der Waals surface area (Å²) in [6.45, 7) is 4.30. The number of carbonyl (C=O) groups excluding carboxylic acids is 2. The van der Waals surface area contributed by atoms with Crippen LogP contribution in [0, 0.1) is 17.3 Å². The molecule has 0 aliphatic rings. The van der Waals surface area contributed by atoms with Crippen LogP contribution in [0.2, 0.25) is 5.02 Å². The van der Waals surface area contributed by atoms with Crippen LogP contribution in [0.1, 0.15) is 26.3 Å². The number of carbonyl (C=O) groups is 2. The number of benzene rings is 1. The zero-order valence-corrected chi connectivity index (χ0v) is 12.7. The molecule has 1 rings (SSSR count). The molecule has 0 aliphatic carbocycles. The molecule has 0 fully saturated rings. The van der Waals surface area contributed by atoms with Crippen molar-refractivity contribution in [3.63, 3.8) is 0 Å². The Hall–Kier alpha value is -1.63. The van der Waals surface area contributed by atoms with Gasteiger partial charge in [-0.05, 0) is 45.0 Å². The molecule has 0 aromatic heterocycles. The minimum Gasteiger partial charge on any atom is -0.367 e. The second kappa shape index (κ2) is 6.69. The topological polar surface area (TPSA) is 43.4 Å². The molecular weight excluding hydrogens is 276 g/mol. The van der Waals surface area contributed by atoms with Gasteiger partial charge in [-0.25, -0.2) is 0 Å². The van der Waals surface area contributed by atoms with Gasteiger partial charge in [0.15, 0.2) is 0 Å². The van der Waals surface area contributed by atoms with Crippen LogP contribution in [0.25, 0.3) is 0 Å². The van der Waals surface area contributed by atoms with Gasteiger partial charge in [-0.3, -0.25) is 9.59 Å². The van der Waals surface area contributed by atoms with E-state index in [1.807, 2.05) is 0 Å². The number of methoxy groups -OCH3 is 1. The average Bonchev–Trinajstić information content (AvgIpc) is 2.40. The highest BCUT2D eigenvalue weighted by molar-refractivity contribution is 6.30. The predicted molar refractivity (Wildman–Crippen MR) is 78.6 cm³/mol. The molecule has 0 saturated carbocycles. The number of hydrogen-bond donors (Lipinski definition) is 0. The smallest absolute Gasteiger partial charge is 0.146 e. The third-order valence-corrected chi connectivity index (χ3v) is 3.67. The van der Waals surface area contributed by atoms with Crippen LogP contribution in [-0.4, -0.2) is 24.8 Å². The van der Waals surface area contributed by atoms with Crippen molar-refractivity contribution in [2.45, 2.75) is 26.9 Å². The number of hydrogen-bond acceptors (Lipinski definition) is 3. The first-order valence-electron chi connectivity index (χ1n) is 6.14. The molecule has 0 spiro atoms. The minimum absolute atomic E-state index is 0.262. The molecule has 0 heterocycles. The molecule has 0 saturated heterocycles. The molecule has 106 valence electrons. The second-order valence-corrected chi connectivity index (χ2v) is 5.14. The van der Waals surface area contributed by atoms with E-state index in [2.05, 4.69) is 11.8 Å². The lowest BCUT2D eigenvalue weighted by molar-refractivity contribution is -0.143. The zero-order valence-electron chi connectivity index (χ0n) is 12.0. The molecule has 0 bridgehead atoms. The Morgan fingerprint density at radius 2 is 1.70 bits per heavy atom. The lowest BCUT2D eigenvalue weighted by atomic mass is 9.77. The van der Waals surface area contributed by atoms with Crippen molar-refractivity contribution >= 4 is 23.2 Å². The molecule has 0 radical (unpaired) electrons. The van der Waals surface area contributed by atoms with Gasteiger partial charge >= 0.3 is 0 Å². The second-order valence-electron chi connectivity index (χ2n) is 4.71. The van der Waals surface area contributed by atoms with Gasteiger partial charge < -0.3 is 4.74 Å². The van der Waals surface area contributed by atoms with Crippen molar-refractivity contribution in [2.75, 3.05) is 7.11 Å². The van der Waals surface area contributed by atoms with Crippen LogP contribution in [0.4, 0.5) is 0 Å². The number of ketones is 2. The number of Topliss-reactive ketones (excluding diaryl/α,β-unsaturated/α-hetero) is 2. The standard InChI is InChI=1S/C16H17ClO3/c1-11(18)16(3,12(2)19)15(20-4)10-7-13-5-8-14(17)9-6-13/h5-6,8-9,15H,1-4H3. The lowest BCUT2D eigenvalue weighted by Gasteiger charge is -2.28. The highest BCUT2D eigenvalue weighted by Gasteiger charge is 2.43.